The summed E-state index contributed by atoms with van der Waals surface area (Å²) in [5.74, 6) is 0.694. The van der Waals surface area contributed by atoms with Crippen LogP contribution in [0.5, 0.6) is 0 Å². The van der Waals surface area contributed by atoms with Gasteiger partial charge in [-0.2, -0.15) is 10.1 Å². The van der Waals surface area contributed by atoms with Gasteiger partial charge >= 0.3 is 0 Å². The van der Waals surface area contributed by atoms with E-state index in [9.17, 15) is 4.39 Å². The van der Waals surface area contributed by atoms with E-state index < -0.39 is 0 Å². The Kier molecular flexibility index (Phi) is 5.74. The molecule has 0 unspecified atom stereocenters. The number of benzene rings is 2. The first kappa shape index (κ1) is 17.1. The molecule has 1 aromatic heterocycles. The maximum Gasteiger partial charge on any atom is 0.244 e. The van der Waals surface area contributed by atoms with Crippen LogP contribution in [0, 0.1) is 5.82 Å². The third kappa shape index (κ3) is 5.12. The molecule has 0 aliphatic heterocycles. The first-order valence-corrected chi connectivity index (χ1v) is 8.24. The Balaban J connectivity index is 1.52. The summed E-state index contributed by atoms with van der Waals surface area (Å²) in [6.45, 7) is 0.996. The Morgan fingerprint density at radius 1 is 1.00 bits per heavy atom. The lowest BCUT2D eigenvalue weighted by Crippen LogP contribution is -2.10. The Hall–Kier alpha value is -2.73. The molecule has 7 heteroatoms. The fourth-order valence-electron chi connectivity index (χ4n) is 2.27. The van der Waals surface area contributed by atoms with E-state index >= 15 is 0 Å². The van der Waals surface area contributed by atoms with Crippen molar-refractivity contribution >= 4 is 23.4 Å². The molecule has 0 radical (unpaired) electrons. The molecule has 3 aromatic rings. The summed E-state index contributed by atoms with van der Waals surface area (Å²) in [5.41, 5.74) is 1.73. The van der Waals surface area contributed by atoms with Crippen molar-refractivity contribution in [3.63, 3.8) is 0 Å². The fraction of sp³-hybridized carbons (Fsp3) is 0.167. The smallest absolute Gasteiger partial charge is 0.244 e. The van der Waals surface area contributed by atoms with E-state index in [-0.39, 0.29) is 5.82 Å². The van der Waals surface area contributed by atoms with E-state index in [1.807, 2.05) is 24.3 Å². The van der Waals surface area contributed by atoms with Gasteiger partial charge in [0.05, 0.1) is 6.20 Å². The van der Waals surface area contributed by atoms with Gasteiger partial charge in [-0.25, -0.2) is 4.39 Å². The zero-order valence-corrected chi connectivity index (χ0v) is 14.2. The maximum atomic E-state index is 13.6. The number of rotatable bonds is 7. The van der Waals surface area contributed by atoms with Gasteiger partial charge in [0.1, 0.15) is 5.82 Å². The van der Waals surface area contributed by atoms with Gasteiger partial charge in [-0.15, -0.1) is 5.10 Å². The van der Waals surface area contributed by atoms with Crippen LogP contribution in [0.3, 0.4) is 0 Å². The number of anilines is 2. The molecular formula is C18H17ClFN5. The second kappa shape index (κ2) is 8.39. The van der Waals surface area contributed by atoms with Crippen LogP contribution in [-0.4, -0.2) is 21.7 Å². The second-order valence-electron chi connectivity index (χ2n) is 5.41. The molecule has 0 atom stereocenters. The molecule has 0 fully saturated rings. The van der Waals surface area contributed by atoms with Crippen LogP contribution in [-0.2, 0) is 13.0 Å². The predicted octanol–water partition coefficient (Wildman–Crippen LogP) is 3.93. The van der Waals surface area contributed by atoms with Crippen molar-refractivity contribution in [1.29, 1.82) is 0 Å². The quantitative estimate of drug-likeness (QED) is 0.670. The van der Waals surface area contributed by atoms with Crippen molar-refractivity contribution in [2.24, 2.45) is 0 Å². The molecule has 0 saturated carbocycles. The van der Waals surface area contributed by atoms with Crippen molar-refractivity contribution in [1.82, 2.24) is 15.2 Å². The number of hydrogen-bond acceptors (Lipinski definition) is 5. The Bertz CT molecular complexity index is 826. The van der Waals surface area contributed by atoms with E-state index in [2.05, 4.69) is 25.8 Å². The topological polar surface area (TPSA) is 62.7 Å². The van der Waals surface area contributed by atoms with Gasteiger partial charge in [0.2, 0.25) is 5.95 Å². The molecule has 2 aromatic carbocycles. The van der Waals surface area contributed by atoms with Crippen molar-refractivity contribution in [3.05, 3.63) is 76.7 Å². The SMILES string of the molecule is Fc1ccccc1CNc1nncc(NCCc2ccc(Cl)cc2)n1. The van der Waals surface area contributed by atoms with Gasteiger partial charge in [-0.3, -0.25) is 0 Å². The van der Waals surface area contributed by atoms with Crippen molar-refractivity contribution in [3.8, 4) is 0 Å². The number of aromatic nitrogens is 3. The monoisotopic (exact) mass is 357 g/mol. The van der Waals surface area contributed by atoms with Crippen molar-refractivity contribution in [2.75, 3.05) is 17.2 Å². The Labute approximate surface area is 150 Å². The highest BCUT2D eigenvalue weighted by molar-refractivity contribution is 6.30. The van der Waals surface area contributed by atoms with Gasteiger partial charge in [-0.1, -0.05) is 41.9 Å². The van der Waals surface area contributed by atoms with Crippen LogP contribution in [0.1, 0.15) is 11.1 Å². The third-order valence-electron chi connectivity index (χ3n) is 3.59. The van der Waals surface area contributed by atoms with E-state index in [0.29, 0.717) is 30.4 Å². The number of hydrogen-bond donors (Lipinski definition) is 2. The molecular weight excluding hydrogens is 341 g/mol. The minimum absolute atomic E-state index is 0.264. The molecule has 0 bridgehead atoms. The third-order valence-corrected chi connectivity index (χ3v) is 3.84. The fourth-order valence-corrected chi connectivity index (χ4v) is 2.39. The van der Waals surface area contributed by atoms with Crippen LogP contribution < -0.4 is 10.6 Å². The predicted molar refractivity (Wildman–Crippen MR) is 97.2 cm³/mol. The van der Waals surface area contributed by atoms with E-state index in [4.69, 9.17) is 11.6 Å². The zero-order chi connectivity index (χ0) is 17.5. The molecule has 0 saturated heterocycles. The molecule has 25 heavy (non-hydrogen) atoms. The maximum absolute atomic E-state index is 13.6. The van der Waals surface area contributed by atoms with Gasteiger partial charge in [0.25, 0.3) is 0 Å². The minimum atomic E-state index is -0.264. The van der Waals surface area contributed by atoms with Gasteiger partial charge in [0, 0.05) is 23.7 Å². The standard InChI is InChI=1S/C18H17ClFN5/c19-15-7-5-13(6-8-15)9-10-21-17-12-23-25-18(24-17)22-11-14-3-1-2-4-16(14)20/h1-8,12H,9-11H2,(H2,21,22,24,25). The summed E-state index contributed by atoms with van der Waals surface area (Å²) in [5, 5.41) is 14.7. The summed E-state index contributed by atoms with van der Waals surface area (Å²) >= 11 is 5.87. The lowest BCUT2D eigenvalue weighted by Gasteiger charge is -2.08. The summed E-state index contributed by atoms with van der Waals surface area (Å²) in [4.78, 5) is 4.32. The van der Waals surface area contributed by atoms with E-state index in [1.54, 1.807) is 24.4 Å². The molecule has 0 amide bonds. The van der Waals surface area contributed by atoms with Crippen LogP contribution in [0.15, 0.2) is 54.7 Å². The van der Waals surface area contributed by atoms with E-state index in [1.165, 1.54) is 11.6 Å². The van der Waals surface area contributed by atoms with Crippen LogP contribution >= 0.6 is 11.6 Å². The number of halogens is 2. The van der Waals surface area contributed by atoms with Gasteiger partial charge in [0.15, 0.2) is 5.82 Å². The van der Waals surface area contributed by atoms with Gasteiger partial charge < -0.3 is 10.6 Å². The first-order valence-electron chi connectivity index (χ1n) is 7.86. The number of nitrogens with one attached hydrogen (secondary N) is 2. The normalized spacial score (nSPS) is 10.5. The Morgan fingerprint density at radius 2 is 1.80 bits per heavy atom. The van der Waals surface area contributed by atoms with Crippen LogP contribution in [0.4, 0.5) is 16.2 Å². The minimum Gasteiger partial charge on any atom is -0.368 e. The van der Waals surface area contributed by atoms with Crippen molar-refractivity contribution in [2.45, 2.75) is 13.0 Å². The highest BCUT2D eigenvalue weighted by Crippen LogP contribution is 2.11. The molecule has 5 nitrogen and oxygen atoms in total. The Morgan fingerprint density at radius 3 is 2.60 bits per heavy atom. The summed E-state index contributed by atoms with van der Waals surface area (Å²) in [6.07, 6.45) is 2.38. The number of nitrogens with zero attached hydrogens (tertiary/aromatic N) is 3. The molecule has 3 rings (SSSR count). The zero-order valence-electron chi connectivity index (χ0n) is 13.4. The van der Waals surface area contributed by atoms with Crippen LogP contribution in [0.2, 0.25) is 5.02 Å². The summed E-state index contributed by atoms with van der Waals surface area (Å²) in [7, 11) is 0. The highest BCUT2D eigenvalue weighted by atomic mass is 35.5. The lowest BCUT2D eigenvalue weighted by atomic mass is 10.1. The summed E-state index contributed by atoms with van der Waals surface area (Å²) < 4.78 is 13.6. The largest absolute Gasteiger partial charge is 0.368 e. The van der Waals surface area contributed by atoms with E-state index in [0.717, 1.165) is 11.4 Å². The second-order valence-corrected chi connectivity index (χ2v) is 5.85. The molecule has 2 N–H and O–H groups in total. The lowest BCUT2D eigenvalue weighted by molar-refractivity contribution is 0.612. The van der Waals surface area contributed by atoms with Gasteiger partial charge in [-0.05, 0) is 30.2 Å². The molecule has 128 valence electrons. The van der Waals surface area contributed by atoms with Crippen molar-refractivity contribution < 1.29 is 4.39 Å². The van der Waals surface area contributed by atoms with Crippen LogP contribution in [0.25, 0.3) is 0 Å². The molecule has 0 spiro atoms. The molecule has 0 aliphatic rings. The average Bonchev–Trinajstić information content (AvgIpc) is 2.63. The first-order chi connectivity index (χ1) is 12.2. The summed E-state index contributed by atoms with van der Waals surface area (Å²) in [6, 6.07) is 14.3. The molecule has 1 heterocycles. The average molecular weight is 358 g/mol. The molecule has 0 aliphatic carbocycles. The highest BCUT2D eigenvalue weighted by Gasteiger charge is 2.04.